The third-order valence-electron chi connectivity index (χ3n) is 41.6. The smallest absolute Gasteiger partial charge is 0.157 e. The minimum absolute atomic E-state index is 0.0601. The summed E-state index contributed by atoms with van der Waals surface area (Å²) in [6, 6.07) is 5.64. The third-order valence-corrected chi connectivity index (χ3v) is 41.6. The van der Waals surface area contributed by atoms with E-state index in [0.29, 0.717) is 162 Å². The molecule has 8 N–H and O–H groups in total. The lowest BCUT2D eigenvalue weighted by molar-refractivity contribution is -0.149. The number of nitrogens with zero attached hydrogens (tertiary/aromatic N) is 8. The van der Waals surface area contributed by atoms with E-state index in [9.17, 15) is 60.0 Å². The lowest BCUT2D eigenvalue weighted by Crippen LogP contribution is -2.55. The predicted octanol–water partition coefficient (Wildman–Crippen LogP) is 16.7. The van der Waals surface area contributed by atoms with Crippen molar-refractivity contribution >= 4 is 28.9 Å². The number of aromatic nitrogens is 8. The van der Waals surface area contributed by atoms with Crippen molar-refractivity contribution in [2.75, 3.05) is 33.0 Å². The molecule has 20 rings (SSSR count). The predicted molar refractivity (Wildman–Crippen MR) is 483 cm³/mol. The Kier molecular flexibility index (Phi) is 27.7. The molecule has 0 saturated heterocycles. The van der Waals surface area contributed by atoms with Crippen LogP contribution in [0.25, 0.3) is 5.76 Å². The minimum atomic E-state index is -0.167. The van der Waals surface area contributed by atoms with Crippen LogP contribution in [0.1, 0.15) is 303 Å². The molecule has 4 aromatic rings. The van der Waals surface area contributed by atoms with Crippen molar-refractivity contribution in [3.63, 3.8) is 0 Å². The van der Waals surface area contributed by atoms with Crippen molar-refractivity contribution in [2.24, 2.45) is 162 Å². The zero-order valence-corrected chi connectivity index (χ0v) is 77.7. The maximum absolute atomic E-state index is 13.6. The number of aryl methyl sites for hydroxylation is 1. The average Bonchev–Trinajstić information content (AvgIpc) is 1.42. The molecule has 16 aliphatic rings. The van der Waals surface area contributed by atoms with Crippen molar-refractivity contribution in [3.8, 4) is 0 Å². The Hall–Kier alpha value is -5.26. The fraction of sp³-hybridized carbons (Fsp3) is 0.829. The highest BCUT2D eigenvalue weighted by molar-refractivity contribution is 5.84. The third kappa shape index (κ3) is 16.7. The van der Waals surface area contributed by atoms with Gasteiger partial charge < -0.3 is 45.6 Å². The first-order valence-corrected chi connectivity index (χ1v) is 51.2. The maximum Gasteiger partial charge on any atom is 0.157 e. The van der Waals surface area contributed by atoms with Crippen LogP contribution in [-0.4, -0.2) is 161 Å². The van der Waals surface area contributed by atoms with Crippen LogP contribution in [0.5, 0.6) is 0 Å². The van der Waals surface area contributed by atoms with Gasteiger partial charge in [0.2, 0.25) is 0 Å². The van der Waals surface area contributed by atoms with Gasteiger partial charge >= 0.3 is 0 Å². The summed E-state index contributed by atoms with van der Waals surface area (Å²) < 4.78 is 12.6. The minimum Gasteiger partial charge on any atom is -0.492 e. The summed E-state index contributed by atoms with van der Waals surface area (Å²) in [6.45, 7) is 20.6. The molecule has 0 aromatic carbocycles. The number of aliphatic hydroxyl groups excluding tert-OH is 8. The number of Topliss-reactive ketones (excluding diaryl/α,β-unsaturated/α-hetero) is 4. The summed E-state index contributed by atoms with van der Waals surface area (Å²) in [7, 11) is 0. The summed E-state index contributed by atoms with van der Waals surface area (Å²) in [6.07, 6.45) is 55.1. The second kappa shape index (κ2) is 37.7. The molecule has 0 bridgehead atoms. The van der Waals surface area contributed by atoms with Crippen molar-refractivity contribution < 1.29 is 64.8 Å². The zero-order valence-electron chi connectivity index (χ0n) is 77.7. The van der Waals surface area contributed by atoms with Gasteiger partial charge in [0.1, 0.15) is 11.5 Å². The molecular formula is C105H160N8O13. The van der Waals surface area contributed by atoms with Gasteiger partial charge in [-0.3, -0.25) is 37.9 Å². The van der Waals surface area contributed by atoms with E-state index in [2.05, 4.69) is 54.7 Å². The highest BCUT2D eigenvalue weighted by Gasteiger charge is 2.68. The molecule has 16 aliphatic carbocycles. The standard InChI is InChI=1S/C29H44N2O4.C26H40N2O3.2C25H38N2O3/c1-4-35-19(2)26-11-15-31(30-26)18-27(34)25-8-7-23-22-6-5-20-17-21(33)9-13-29(20,14-16-32)24(22)10-12-28(23,25)3;1-17-14-27-28(15-17)16-24(31)23-6-5-21-20-4-3-18-13-19(30)7-10-26(18,11-12-29)22(20)8-9-25(21,23)2;2*1-24-9-8-21-19(4-3-17-15-18(29)7-10-25(17,21)11-14-28)20(24)5-6-22(24)23(30)16-27-13-2-12-26-27/h11,15,20-25,32-33H,2,4-10,12-14,16-18H2,1,3H3;14-15,18-23,29-30H,3-13,16H2,1-2H3;2*2,12-13,17-22,28-29H,3-11,14-16H2,1H3/t20-,21+,22-,23-,24-,25+,28-,29+;18-,19+,20-,21-,22-,23+,25-,26+;2*17-,18+,19-,20-,21-,22+,24-,25+/m0000/s1. The molecule has 0 radical (unpaired) electrons. The molecule has 0 unspecified atom stereocenters. The molecule has 0 amide bonds. The zero-order chi connectivity index (χ0) is 88.5. The fourth-order valence-corrected chi connectivity index (χ4v) is 36.3. The van der Waals surface area contributed by atoms with Gasteiger partial charge in [-0.25, -0.2) is 0 Å². The molecule has 16 fully saturated rings. The number of carbonyl (C=O) groups is 4. The number of ketones is 4. The molecule has 16 saturated carbocycles. The molecule has 698 valence electrons. The van der Waals surface area contributed by atoms with Crippen molar-refractivity contribution in [2.45, 2.75) is 349 Å². The molecule has 4 aromatic heterocycles. The van der Waals surface area contributed by atoms with Crippen LogP contribution >= 0.6 is 0 Å². The first-order chi connectivity index (χ1) is 60.6. The quantitative estimate of drug-likeness (QED) is 0.0320. The first-order valence-electron chi connectivity index (χ1n) is 51.2. The summed E-state index contributed by atoms with van der Waals surface area (Å²) in [5, 5.41) is 98.7. The van der Waals surface area contributed by atoms with E-state index in [4.69, 9.17) is 4.74 Å². The van der Waals surface area contributed by atoms with E-state index in [1.807, 2.05) is 67.7 Å². The van der Waals surface area contributed by atoms with Crippen LogP contribution in [0.4, 0.5) is 0 Å². The maximum atomic E-state index is 13.6. The van der Waals surface area contributed by atoms with Crippen molar-refractivity contribution in [3.05, 3.63) is 79.4 Å². The van der Waals surface area contributed by atoms with Gasteiger partial charge in [0.25, 0.3) is 0 Å². The van der Waals surface area contributed by atoms with Gasteiger partial charge in [-0.2, -0.15) is 20.4 Å². The average molecular weight is 1740 g/mol. The van der Waals surface area contributed by atoms with Gasteiger partial charge in [-0.15, -0.1) is 0 Å². The van der Waals surface area contributed by atoms with Crippen LogP contribution in [0, 0.1) is 169 Å². The summed E-state index contributed by atoms with van der Waals surface area (Å²) in [4.78, 5) is 53.4. The topological polar surface area (TPSA) is 311 Å². The van der Waals surface area contributed by atoms with E-state index < -0.39 is 0 Å². The highest BCUT2D eigenvalue weighted by Crippen LogP contribution is 2.74. The lowest BCUT2D eigenvalue weighted by Gasteiger charge is -2.62. The monoisotopic (exact) mass is 1740 g/mol. The van der Waals surface area contributed by atoms with Gasteiger partial charge in [0.15, 0.2) is 23.1 Å². The van der Waals surface area contributed by atoms with E-state index in [-0.39, 0.29) is 118 Å². The van der Waals surface area contributed by atoms with Gasteiger partial charge in [-0.05, 0) is 432 Å². The number of hydrogen-bond acceptors (Lipinski definition) is 17. The fourth-order valence-electron chi connectivity index (χ4n) is 36.3. The second-order valence-electron chi connectivity index (χ2n) is 46.1. The second-order valence-corrected chi connectivity index (χ2v) is 46.1. The first kappa shape index (κ1) is 92.6. The van der Waals surface area contributed by atoms with Crippen molar-refractivity contribution in [1.82, 2.24) is 39.1 Å². The summed E-state index contributed by atoms with van der Waals surface area (Å²) in [5.41, 5.74) is 3.05. The molecule has 0 spiro atoms. The van der Waals surface area contributed by atoms with E-state index in [1.165, 1.54) is 89.9 Å². The Morgan fingerprint density at radius 3 is 0.976 bits per heavy atom. The number of carbonyl (C=O) groups excluding carboxylic acids is 4. The van der Waals surface area contributed by atoms with Crippen LogP contribution < -0.4 is 0 Å². The highest BCUT2D eigenvalue weighted by atomic mass is 16.5. The Morgan fingerprint density at radius 1 is 0.389 bits per heavy atom. The summed E-state index contributed by atoms with van der Waals surface area (Å²) >= 11 is 0. The Balaban J connectivity index is 0.000000119. The SMILES string of the molecule is C=C(OCC)c1ccn(CC(=O)[C@H]2CC[C@H]3[C@@H]4CC[C@H]5C[C@H](O)CC[C@]5(CCO)[C@H]4CC[C@]23C)n1.C[C@]12CC[C@H]3[C@@H](CC[C@H]4C[C@H](O)CC[C@@]43CCO)[C@@H]1CC[C@@H]2C(=O)Cn1cccn1.C[C@]12CC[C@H]3[C@@H](CC[C@H]4C[C@H](O)CC[C@@]43CCO)[C@@H]1CC[C@@H]2C(=O)Cn1cccn1.Cc1cnn(CC(=O)[C@H]2CC[C@H]3[C@@H]4CC[C@H]5C[C@H](O)CC[C@]5(CCO)[C@H]4CC[C@]23C)c1. The Bertz CT molecular complexity index is 4250. The summed E-state index contributed by atoms with van der Waals surface area (Å²) in [5.74, 6) is 12.6. The van der Waals surface area contributed by atoms with E-state index in [0.717, 1.165) is 173 Å². The van der Waals surface area contributed by atoms with E-state index >= 15 is 0 Å². The van der Waals surface area contributed by atoms with E-state index in [1.54, 1.807) is 26.4 Å². The lowest BCUT2D eigenvalue weighted by atomic mass is 9.43. The number of aliphatic hydroxyl groups is 8. The van der Waals surface area contributed by atoms with Crippen LogP contribution in [0.2, 0.25) is 0 Å². The van der Waals surface area contributed by atoms with Crippen LogP contribution in [0.3, 0.4) is 0 Å². The van der Waals surface area contributed by atoms with Crippen LogP contribution in [-0.2, 0) is 50.1 Å². The van der Waals surface area contributed by atoms with Gasteiger partial charge in [-0.1, -0.05) is 34.3 Å². The number of ether oxygens (including phenoxy) is 1. The molecule has 21 heteroatoms. The molecule has 4 heterocycles. The van der Waals surface area contributed by atoms with Crippen molar-refractivity contribution in [1.29, 1.82) is 0 Å². The molecule has 21 nitrogen and oxygen atoms in total. The Morgan fingerprint density at radius 2 is 0.698 bits per heavy atom. The normalized spacial score (nSPS) is 43.8. The number of rotatable bonds is 23. The molecular weight excluding hydrogens is 1580 g/mol. The molecule has 32 atom stereocenters. The largest absolute Gasteiger partial charge is 0.492 e. The number of hydrogen-bond donors (Lipinski definition) is 8. The van der Waals surface area contributed by atoms with Gasteiger partial charge in [0, 0.05) is 87.3 Å². The Labute approximate surface area is 751 Å². The van der Waals surface area contributed by atoms with Crippen LogP contribution in [0.15, 0.2) is 68.2 Å². The van der Waals surface area contributed by atoms with Gasteiger partial charge in [0.05, 0.1) is 63.4 Å². The molecule has 126 heavy (non-hydrogen) atoms. The molecule has 0 aliphatic heterocycles. The number of fused-ring (bicyclic) bond motifs is 20.